The molecule has 0 N–H and O–H groups in total. The average Bonchev–Trinajstić information content (AvgIpc) is 3.03. The van der Waals surface area contributed by atoms with Gasteiger partial charge < -0.3 is 0 Å². The zero-order chi connectivity index (χ0) is 14.9. The smallest absolute Gasteiger partial charge is 0.166 e. The fourth-order valence-electron chi connectivity index (χ4n) is 3.62. The molecule has 1 atom stereocenters. The summed E-state index contributed by atoms with van der Waals surface area (Å²) in [6.07, 6.45) is 7.96. The molecule has 110 valence electrons. The van der Waals surface area contributed by atoms with Crippen LogP contribution >= 0.6 is 0 Å². The van der Waals surface area contributed by atoms with E-state index in [2.05, 4.69) is 13.0 Å². The van der Waals surface area contributed by atoms with Crippen molar-refractivity contribution < 1.29 is 9.59 Å². The van der Waals surface area contributed by atoms with Crippen molar-refractivity contribution >= 4 is 11.6 Å². The quantitative estimate of drug-likeness (QED) is 0.751. The Labute approximate surface area is 122 Å². The Morgan fingerprint density at radius 1 is 1.25 bits per heavy atom. The third kappa shape index (κ3) is 2.65. The van der Waals surface area contributed by atoms with Gasteiger partial charge in [0.25, 0.3) is 0 Å². The highest BCUT2D eigenvalue weighted by Crippen LogP contribution is 2.44. The van der Waals surface area contributed by atoms with Crippen molar-refractivity contribution in [3.8, 4) is 0 Å². The molecule has 0 aliphatic heterocycles. The topological polar surface area (TPSA) is 34.1 Å². The Hall–Kier alpha value is -1.18. The number of ketones is 2. The molecule has 0 aromatic heterocycles. The lowest BCUT2D eigenvalue weighted by molar-refractivity contribution is -0.119. The van der Waals surface area contributed by atoms with Crippen LogP contribution in [0.4, 0.5) is 0 Å². The van der Waals surface area contributed by atoms with Gasteiger partial charge in [-0.1, -0.05) is 39.7 Å². The predicted octanol–water partition coefficient (Wildman–Crippen LogP) is 4.25. The van der Waals surface area contributed by atoms with Crippen LogP contribution in [0.1, 0.15) is 59.8 Å². The van der Waals surface area contributed by atoms with Crippen molar-refractivity contribution in [2.45, 2.75) is 59.8 Å². The molecule has 2 nitrogen and oxygen atoms in total. The van der Waals surface area contributed by atoms with E-state index in [0.717, 1.165) is 17.6 Å². The molecule has 0 heterocycles. The second kappa shape index (κ2) is 6.07. The lowest BCUT2D eigenvalue weighted by Crippen LogP contribution is -2.18. The molecule has 1 unspecified atom stereocenters. The first kappa shape index (κ1) is 15.2. The Kier molecular flexibility index (Phi) is 4.62. The van der Waals surface area contributed by atoms with Crippen LogP contribution in [-0.4, -0.2) is 11.6 Å². The van der Waals surface area contributed by atoms with Crippen molar-refractivity contribution in [1.82, 2.24) is 0 Å². The van der Waals surface area contributed by atoms with Crippen molar-refractivity contribution in [3.05, 3.63) is 22.8 Å². The molecule has 1 saturated carbocycles. The molecule has 0 amide bonds. The second-order valence-corrected chi connectivity index (χ2v) is 6.48. The van der Waals surface area contributed by atoms with Crippen LogP contribution in [0.3, 0.4) is 0 Å². The van der Waals surface area contributed by atoms with E-state index in [1.807, 2.05) is 13.8 Å². The van der Waals surface area contributed by atoms with Crippen LogP contribution in [0.25, 0.3) is 0 Å². The Morgan fingerprint density at radius 2 is 1.85 bits per heavy atom. The molecule has 0 aromatic carbocycles. The number of Topliss-reactive ketones (excluding diaryl/α,β-unsaturated/α-hetero) is 2. The summed E-state index contributed by atoms with van der Waals surface area (Å²) in [6.45, 7) is 7.56. The van der Waals surface area contributed by atoms with Crippen molar-refractivity contribution in [3.63, 3.8) is 0 Å². The summed E-state index contributed by atoms with van der Waals surface area (Å²) in [5.74, 6) is 0.841. The van der Waals surface area contributed by atoms with E-state index in [1.54, 1.807) is 6.92 Å². The standard InChI is InChI=1S/C18H26O2/c1-5-13-10-15(14-8-6-7-9-14)17(16(13)12(4)19)18(20)11(2)3/h10-11,13-14H,5-9H2,1-4H3. The maximum atomic E-state index is 12.6. The molecule has 2 aliphatic rings. The molecule has 0 bridgehead atoms. The molecule has 2 rings (SSSR count). The number of allylic oxidation sites excluding steroid dienone is 4. The van der Waals surface area contributed by atoms with E-state index >= 15 is 0 Å². The lowest BCUT2D eigenvalue weighted by Gasteiger charge is -2.17. The highest BCUT2D eigenvalue weighted by molar-refractivity contribution is 6.11. The van der Waals surface area contributed by atoms with Gasteiger partial charge >= 0.3 is 0 Å². The van der Waals surface area contributed by atoms with Crippen LogP contribution in [0.15, 0.2) is 22.8 Å². The van der Waals surface area contributed by atoms with Gasteiger partial charge in [0, 0.05) is 23.0 Å². The number of rotatable bonds is 5. The SMILES string of the molecule is CCC1C=C(C2CCCC2)C(C(=O)C(C)C)=C1C(C)=O. The molecular formula is C18H26O2. The Bertz CT molecular complexity index is 474. The maximum absolute atomic E-state index is 12.6. The van der Waals surface area contributed by atoms with E-state index in [-0.39, 0.29) is 23.4 Å². The first-order valence-corrected chi connectivity index (χ1v) is 7.98. The van der Waals surface area contributed by atoms with Crippen LogP contribution in [0.2, 0.25) is 0 Å². The molecule has 1 fully saturated rings. The van der Waals surface area contributed by atoms with Crippen LogP contribution in [0.5, 0.6) is 0 Å². The van der Waals surface area contributed by atoms with E-state index in [4.69, 9.17) is 0 Å². The number of hydrogen-bond acceptors (Lipinski definition) is 2. The van der Waals surface area contributed by atoms with E-state index in [9.17, 15) is 9.59 Å². The number of carbonyl (C=O) groups excluding carboxylic acids is 2. The van der Waals surface area contributed by atoms with Gasteiger partial charge in [0.1, 0.15) is 0 Å². The summed E-state index contributed by atoms with van der Waals surface area (Å²) >= 11 is 0. The minimum Gasteiger partial charge on any atom is -0.295 e. The van der Waals surface area contributed by atoms with Gasteiger partial charge in [0.2, 0.25) is 0 Å². The number of carbonyl (C=O) groups is 2. The van der Waals surface area contributed by atoms with E-state index in [0.29, 0.717) is 5.92 Å². The van der Waals surface area contributed by atoms with Gasteiger partial charge in [-0.25, -0.2) is 0 Å². The maximum Gasteiger partial charge on any atom is 0.166 e. The highest BCUT2D eigenvalue weighted by atomic mass is 16.1. The Morgan fingerprint density at radius 3 is 2.30 bits per heavy atom. The number of hydrogen-bond donors (Lipinski definition) is 0. The van der Waals surface area contributed by atoms with Crippen molar-refractivity contribution in [1.29, 1.82) is 0 Å². The molecule has 0 radical (unpaired) electrons. The molecule has 2 heteroatoms. The summed E-state index contributed by atoms with van der Waals surface area (Å²) < 4.78 is 0. The van der Waals surface area contributed by atoms with Gasteiger partial charge in [-0.15, -0.1) is 0 Å². The summed E-state index contributed by atoms with van der Waals surface area (Å²) in [7, 11) is 0. The molecule has 0 spiro atoms. The minimum absolute atomic E-state index is 0.0419. The van der Waals surface area contributed by atoms with Gasteiger partial charge in [0.05, 0.1) is 0 Å². The molecule has 2 aliphatic carbocycles. The molecule has 0 aromatic rings. The summed E-state index contributed by atoms with van der Waals surface area (Å²) in [4.78, 5) is 24.7. The normalized spacial score (nSPS) is 23.6. The summed E-state index contributed by atoms with van der Waals surface area (Å²) in [6, 6.07) is 0. The Balaban J connectivity index is 2.48. The third-order valence-corrected chi connectivity index (χ3v) is 4.69. The average molecular weight is 274 g/mol. The fraction of sp³-hybridized carbons (Fsp3) is 0.667. The summed E-state index contributed by atoms with van der Waals surface area (Å²) in [5, 5.41) is 0. The largest absolute Gasteiger partial charge is 0.295 e. The first-order chi connectivity index (χ1) is 9.47. The van der Waals surface area contributed by atoms with Gasteiger partial charge in [0.15, 0.2) is 11.6 Å². The van der Waals surface area contributed by atoms with E-state index in [1.165, 1.54) is 31.3 Å². The van der Waals surface area contributed by atoms with Gasteiger partial charge in [-0.05, 0) is 37.7 Å². The minimum atomic E-state index is -0.0419. The molecule has 0 saturated heterocycles. The molecule has 20 heavy (non-hydrogen) atoms. The van der Waals surface area contributed by atoms with E-state index < -0.39 is 0 Å². The fourth-order valence-corrected chi connectivity index (χ4v) is 3.62. The van der Waals surface area contributed by atoms with Crippen molar-refractivity contribution in [2.75, 3.05) is 0 Å². The monoisotopic (exact) mass is 274 g/mol. The van der Waals surface area contributed by atoms with Crippen molar-refractivity contribution in [2.24, 2.45) is 17.8 Å². The first-order valence-electron chi connectivity index (χ1n) is 7.98. The molecular weight excluding hydrogens is 248 g/mol. The zero-order valence-corrected chi connectivity index (χ0v) is 13.2. The highest BCUT2D eigenvalue weighted by Gasteiger charge is 2.36. The lowest BCUT2D eigenvalue weighted by atomic mass is 9.85. The second-order valence-electron chi connectivity index (χ2n) is 6.48. The van der Waals surface area contributed by atoms with Gasteiger partial charge in [-0.2, -0.15) is 0 Å². The predicted molar refractivity (Wildman–Crippen MR) is 81.4 cm³/mol. The zero-order valence-electron chi connectivity index (χ0n) is 13.2. The third-order valence-electron chi connectivity index (χ3n) is 4.69. The van der Waals surface area contributed by atoms with Gasteiger partial charge in [-0.3, -0.25) is 9.59 Å². The summed E-state index contributed by atoms with van der Waals surface area (Å²) in [5.41, 5.74) is 2.76. The van der Waals surface area contributed by atoms with Crippen LogP contribution in [-0.2, 0) is 9.59 Å². The van der Waals surface area contributed by atoms with Crippen LogP contribution in [0, 0.1) is 17.8 Å². The van der Waals surface area contributed by atoms with Crippen LogP contribution < -0.4 is 0 Å².